The molecular weight excluding hydrogens is 153 g/mol. The highest BCUT2D eigenvalue weighted by atomic mass is 19.1. The molecule has 0 saturated carbocycles. The van der Waals surface area contributed by atoms with Crippen LogP contribution in [0, 0.1) is 6.92 Å². The Morgan fingerprint density at radius 1 is 1.42 bits per heavy atom. The molecule has 2 heteroatoms. The summed E-state index contributed by atoms with van der Waals surface area (Å²) < 4.78 is 12.8. The molecule has 66 valence electrons. The van der Waals surface area contributed by atoms with Gasteiger partial charge in [-0.15, -0.1) is 0 Å². The van der Waals surface area contributed by atoms with Gasteiger partial charge in [0.1, 0.15) is 6.17 Å². The van der Waals surface area contributed by atoms with Gasteiger partial charge >= 0.3 is 0 Å². The Morgan fingerprint density at radius 3 is 2.58 bits per heavy atom. The Labute approximate surface area is 72.4 Å². The van der Waals surface area contributed by atoms with E-state index < -0.39 is 12.2 Å². The maximum Gasteiger partial charge on any atom is 0.116 e. The van der Waals surface area contributed by atoms with Crippen LogP contribution in [0.4, 0.5) is 4.39 Å². The third-order valence-electron chi connectivity index (χ3n) is 1.92. The van der Waals surface area contributed by atoms with Crippen molar-refractivity contribution in [2.75, 3.05) is 0 Å². The van der Waals surface area contributed by atoms with Crippen molar-refractivity contribution in [3.63, 3.8) is 0 Å². The standard InChI is InChI=1S/C10H14FN/c1-7-4-3-5-9(6-7)10(12)8(2)11/h3-6,8,10H,12H2,1-2H3. The van der Waals surface area contributed by atoms with E-state index in [9.17, 15) is 4.39 Å². The number of halogens is 1. The fourth-order valence-electron chi connectivity index (χ4n) is 1.14. The summed E-state index contributed by atoms with van der Waals surface area (Å²) in [5.41, 5.74) is 7.61. The summed E-state index contributed by atoms with van der Waals surface area (Å²) >= 11 is 0. The van der Waals surface area contributed by atoms with Crippen LogP contribution < -0.4 is 5.73 Å². The van der Waals surface area contributed by atoms with Crippen molar-refractivity contribution in [1.82, 2.24) is 0 Å². The van der Waals surface area contributed by atoms with Crippen molar-refractivity contribution in [2.24, 2.45) is 5.73 Å². The Morgan fingerprint density at radius 2 is 2.08 bits per heavy atom. The van der Waals surface area contributed by atoms with Crippen LogP contribution in [0.25, 0.3) is 0 Å². The number of aryl methyl sites for hydroxylation is 1. The second-order valence-electron chi connectivity index (χ2n) is 3.12. The molecule has 12 heavy (non-hydrogen) atoms. The van der Waals surface area contributed by atoms with E-state index in [1.807, 2.05) is 31.2 Å². The summed E-state index contributed by atoms with van der Waals surface area (Å²) in [4.78, 5) is 0. The summed E-state index contributed by atoms with van der Waals surface area (Å²) in [6.45, 7) is 3.45. The molecule has 0 radical (unpaired) electrons. The van der Waals surface area contributed by atoms with Crippen LogP contribution in [-0.2, 0) is 0 Å². The highest BCUT2D eigenvalue weighted by Gasteiger charge is 2.12. The lowest BCUT2D eigenvalue weighted by Gasteiger charge is -2.13. The normalized spacial score (nSPS) is 15.7. The second kappa shape index (κ2) is 3.68. The quantitative estimate of drug-likeness (QED) is 0.719. The lowest BCUT2D eigenvalue weighted by Crippen LogP contribution is -2.19. The number of nitrogens with two attached hydrogens (primary N) is 1. The Bertz CT molecular complexity index is 258. The SMILES string of the molecule is Cc1cccc(C(N)C(C)F)c1. The van der Waals surface area contributed by atoms with Gasteiger partial charge in [-0.25, -0.2) is 4.39 Å². The molecule has 1 aromatic carbocycles. The van der Waals surface area contributed by atoms with Crippen molar-refractivity contribution in [3.8, 4) is 0 Å². The van der Waals surface area contributed by atoms with Crippen LogP contribution in [0.5, 0.6) is 0 Å². The highest BCUT2D eigenvalue weighted by molar-refractivity contribution is 5.25. The first kappa shape index (κ1) is 9.20. The lowest BCUT2D eigenvalue weighted by atomic mass is 10.0. The molecule has 1 aromatic rings. The van der Waals surface area contributed by atoms with Crippen LogP contribution in [0.3, 0.4) is 0 Å². The minimum atomic E-state index is -0.994. The fourth-order valence-corrected chi connectivity index (χ4v) is 1.14. The van der Waals surface area contributed by atoms with Gasteiger partial charge in [-0.2, -0.15) is 0 Å². The smallest absolute Gasteiger partial charge is 0.116 e. The number of hydrogen-bond donors (Lipinski definition) is 1. The Kier molecular flexibility index (Phi) is 2.82. The van der Waals surface area contributed by atoms with Gasteiger partial charge in [-0.05, 0) is 19.4 Å². The third-order valence-corrected chi connectivity index (χ3v) is 1.92. The first-order chi connectivity index (χ1) is 5.61. The van der Waals surface area contributed by atoms with E-state index in [0.29, 0.717) is 0 Å². The molecule has 0 saturated heterocycles. The number of rotatable bonds is 2. The van der Waals surface area contributed by atoms with Crippen LogP contribution in [0.2, 0.25) is 0 Å². The lowest BCUT2D eigenvalue weighted by molar-refractivity contribution is 0.309. The summed E-state index contributed by atoms with van der Waals surface area (Å²) in [6, 6.07) is 7.14. The topological polar surface area (TPSA) is 26.0 Å². The van der Waals surface area contributed by atoms with E-state index in [1.54, 1.807) is 0 Å². The van der Waals surface area contributed by atoms with Gasteiger partial charge in [-0.3, -0.25) is 0 Å². The maximum absolute atomic E-state index is 12.8. The fraction of sp³-hybridized carbons (Fsp3) is 0.400. The largest absolute Gasteiger partial charge is 0.322 e. The predicted molar refractivity (Wildman–Crippen MR) is 48.7 cm³/mol. The molecule has 2 atom stereocenters. The molecule has 0 amide bonds. The minimum Gasteiger partial charge on any atom is -0.322 e. The van der Waals surface area contributed by atoms with Crippen molar-refractivity contribution in [2.45, 2.75) is 26.1 Å². The van der Waals surface area contributed by atoms with Crippen LogP contribution in [0.1, 0.15) is 24.1 Å². The van der Waals surface area contributed by atoms with Gasteiger partial charge < -0.3 is 5.73 Å². The highest BCUT2D eigenvalue weighted by Crippen LogP contribution is 2.17. The monoisotopic (exact) mass is 167 g/mol. The van der Waals surface area contributed by atoms with Crippen molar-refractivity contribution in [1.29, 1.82) is 0 Å². The number of hydrogen-bond acceptors (Lipinski definition) is 1. The molecule has 0 fully saturated rings. The second-order valence-corrected chi connectivity index (χ2v) is 3.12. The molecule has 0 aliphatic carbocycles. The maximum atomic E-state index is 12.8. The zero-order valence-corrected chi connectivity index (χ0v) is 7.42. The molecular formula is C10H14FN. The number of benzene rings is 1. The molecule has 0 aliphatic heterocycles. The average molecular weight is 167 g/mol. The van der Waals surface area contributed by atoms with Crippen LogP contribution >= 0.6 is 0 Å². The minimum absolute atomic E-state index is 0.495. The van der Waals surface area contributed by atoms with Crippen LogP contribution in [0.15, 0.2) is 24.3 Å². The summed E-state index contributed by atoms with van der Waals surface area (Å²) in [7, 11) is 0. The van der Waals surface area contributed by atoms with Gasteiger partial charge in [0.05, 0.1) is 6.04 Å². The predicted octanol–water partition coefficient (Wildman–Crippen LogP) is 2.35. The number of alkyl halides is 1. The average Bonchev–Trinajstić information content (AvgIpc) is 2.03. The van der Waals surface area contributed by atoms with Crippen LogP contribution in [-0.4, -0.2) is 6.17 Å². The van der Waals surface area contributed by atoms with E-state index in [0.717, 1.165) is 11.1 Å². The van der Waals surface area contributed by atoms with Crippen molar-refractivity contribution in [3.05, 3.63) is 35.4 Å². The summed E-state index contributed by atoms with van der Waals surface area (Å²) in [5, 5.41) is 0. The molecule has 1 rings (SSSR count). The molecule has 2 unspecified atom stereocenters. The molecule has 0 aliphatic rings. The van der Waals surface area contributed by atoms with Crippen molar-refractivity contribution >= 4 is 0 Å². The summed E-state index contributed by atoms with van der Waals surface area (Å²) in [5.74, 6) is 0. The Hall–Kier alpha value is -0.890. The van der Waals surface area contributed by atoms with Gasteiger partial charge in [0.25, 0.3) is 0 Å². The van der Waals surface area contributed by atoms with Gasteiger partial charge in [0, 0.05) is 0 Å². The van der Waals surface area contributed by atoms with Gasteiger partial charge in [0.2, 0.25) is 0 Å². The first-order valence-corrected chi connectivity index (χ1v) is 4.07. The molecule has 2 N–H and O–H groups in total. The zero-order chi connectivity index (χ0) is 9.14. The van der Waals surface area contributed by atoms with E-state index in [-0.39, 0.29) is 0 Å². The molecule has 0 spiro atoms. The summed E-state index contributed by atoms with van der Waals surface area (Å²) in [6.07, 6.45) is -0.994. The van der Waals surface area contributed by atoms with Crippen molar-refractivity contribution < 1.29 is 4.39 Å². The molecule has 1 nitrogen and oxygen atoms in total. The molecule has 0 bridgehead atoms. The van der Waals surface area contributed by atoms with Gasteiger partial charge in [0.15, 0.2) is 0 Å². The van der Waals surface area contributed by atoms with Gasteiger partial charge in [-0.1, -0.05) is 29.8 Å². The van der Waals surface area contributed by atoms with E-state index >= 15 is 0 Å². The van der Waals surface area contributed by atoms with E-state index in [1.165, 1.54) is 6.92 Å². The molecule has 0 heterocycles. The zero-order valence-electron chi connectivity index (χ0n) is 7.42. The van der Waals surface area contributed by atoms with E-state index in [4.69, 9.17) is 5.73 Å². The third kappa shape index (κ3) is 2.05. The first-order valence-electron chi connectivity index (χ1n) is 4.07. The Balaban J connectivity index is 2.88. The molecule has 0 aromatic heterocycles. The van der Waals surface area contributed by atoms with E-state index in [2.05, 4.69) is 0 Å².